The number of imidazole rings is 1. The number of amides is 1. The number of fused-ring (bicyclic) bond motifs is 1. The van der Waals surface area contributed by atoms with Crippen molar-refractivity contribution in [2.75, 3.05) is 31.3 Å². The number of likely N-dealkylation sites (N-methyl/N-ethyl adjacent to an activating group) is 1. The number of quaternary nitrogens is 1. The van der Waals surface area contributed by atoms with Gasteiger partial charge in [0.05, 0.1) is 37.9 Å². The van der Waals surface area contributed by atoms with Crippen molar-refractivity contribution in [2.45, 2.75) is 6.54 Å². The number of nitro groups is 1. The molecule has 0 radical (unpaired) electrons. The van der Waals surface area contributed by atoms with Gasteiger partial charge in [-0.25, -0.2) is 19.3 Å². The largest absolute Gasteiger partial charge is 1.00 e. The van der Waals surface area contributed by atoms with Gasteiger partial charge in [0.15, 0.2) is 5.69 Å². The molecule has 0 atom stereocenters. The highest BCUT2D eigenvalue weighted by molar-refractivity contribution is 6.00. The van der Waals surface area contributed by atoms with Gasteiger partial charge in [-0.05, 0) is 40.2 Å². The first kappa shape index (κ1) is 29.8. The average Bonchev–Trinajstić information content (AvgIpc) is 3.24. The van der Waals surface area contributed by atoms with E-state index in [0.29, 0.717) is 45.7 Å². The number of carbonyl (C=O) groups is 1. The van der Waals surface area contributed by atoms with Crippen molar-refractivity contribution in [3.63, 3.8) is 0 Å². The minimum atomic E-state index is -0.505. The molecular weight excluding hydrogens is 585 g/mol. The van der Waals surface area contributed by atoms with Crippen molar-refractivity contribution in [1.82, 2.24) is 24.5 Å². The van der Waals surface area contributed by atoms with Gasteiger partial charge in [-0.1, -0.05) is 5.92 Å². The van der Waals surface area contributed by atoms with Crippen LogP contribution in [0.15, 0.2) is 55.3 Å². The van der Waals surface area contributed by atoms with Crippen LogP contribution < -0.4 is 27.6 Å². The Bertz CT molecular complexity index is 1650. The lowest BCUT2D eigenvalue weighted by atomic mass is 10.2. The van der Waals surface area contributed by atoms with Gasteiger partial charge in [0.1, 0.15) is 30.3 Å². The van der Waals surface area contributed by atoms with Crippen molar-refractivity contribution >= 4 is 40.0 Å². The standard InChI is InChI=1S/C26H24FN9O3.BrH/c1-5-17-11-18(8-9-20(17)27)32-25-19-12-23(28-13-21(19)29-15-30-25)33-24(37)7-6-10-36(3,4)14-22-26(35(38)39)31-16-34(22)2;/h1,6-9,11-13,15-16H,10,14H2,2-4H3,(H-,28,29,30,32,33,37);1H/b7-6+;. The van der Waals surface area contributed by atoms with Gasteiger partial charge in [-0.15, -0.1) is 6.42 Å². The minimum Gasteiger partial charge on any atom is -1.00 e. The van der Waals surface area contributed by atoms with E-state index in [1.54, 1.807) is 23.8 Å². The Labute approximate surface area is 239 Å². The molecule has 0 aliphatic heterocycles. The fraction of sp³-hybridized carbons (Fsp3) is 0.192. The molecule has 0 aliphatic carbocycles. The molecule has 206 valence electrons. The first-order valence-electron chi connectivity index (χ1n) is 11.6. The molecule has 1 amide bonds. The number of aromatic nitrogens is 5. The number of halogens is 2. The lowest BCUT2D eigenvalue weighted by Crippen LogP contribution is -3.00. The Kier molecular flexibility index (Phi) is 9.25. The number of terminal acetylenes is 1. The molecule has 0 aliphatic rings. The summed E-state index contributed by atoms with van der Waals surface area (Å²) in [5, 5.41) is 17.6. The maximum Gasteiger partial charge on any atom is 0.390 e. The lowest BCUT2D eigenvalue weighted by Gasteiger charge is -2.27. The molecule has 3 heterocycles. The zero-order valence-corrected chi connectivity index (χ0v) is 23.4. The Balaban J connectivity index is 0.00000441. The van der Waals surface area contributed by atoms with Crippen LogP contribution in [-0.2, 0) is 18.4 Å². The maximum absolute atomic E-state index is 13.8. The molecule has 1 aromatic carbocycles. The van der Waals surface area contributed by atoms with Gasteiger partial charge in [-0.3, -0.25) is 4.79 Å². The van der Waals surface area contributed by atoms with Crippen molar-refractivity contribution in [1.29, 1.82) is 0 Å². The zero-order valence-electron chi connectivity index (χ0n) is 21.8. The smallest absolute Gasteiger partial charge is 0.390 e. The summed E-state index contributed by atoms with van der Waals surface area (Å²) in [6.45, 7) is 0.776. The van der Waals surface area contributed by atoms with Crippen LogP contribution in [0.3, 0.4) is 0 Å². The third-order valence-corrected chi connectivity index (χ3v) is 5.81. The van der Waals surface area contributed by atoms with E-state index in [0.717, 1.165) is 0 Å². The molecule has 0 saturated heterocycles. The summed E-state index contributed by atoms with van der Waals surface area (Å²) in [4.78, 5) is 39.9. The summed E-state index contributed by atoms with van der Waals surface area (Å²) in [5.41, 5.74) is 1.67. The number of nitrogens with zero attached hydrogens (tertiary/aromatic N) is 7. The van der Waals surface area contributed by atoms with Gasteiger partial charge in [0.2, 0.25) is 12.2 Å². The van der Waals surface area contributed by atoms with Crippen LogP contribution in [0.1, 0.15) is 11.3 Å². The number of aryl methyl sites for hydroxylation is 1. The number of hydrogen-bond donors (Lipinski definition) is 2. The molecule has 0 bridgehead atoms. The van der Waals surface area contributed by atoms with Crippen LogP contribution in [0, 0.1) is 28.3 Å². The van der Waals surface area contributed by atoms with Crippen molar-refractivity contribution in [2.24, 2.45) is 7.05 Å². The number of rotatable bonds is 9. The Morgan fingerprint density at radius 2 is 2.02 bits per heavy atom. The summed E-state index contributed by atoms with van der Waals surface area (Å²) in [5.74, 6) is 1.90. The van der Waals surface area contributed by atoms with Crippen LogP contribution in [0.25, 0.3) is 10.9 Å². The number of anilines is 3. The van der Waals surface area contributed by atoms with E-state index < -0.39 is 16.6 Å². The Morgan fingerprint density at radius 3 is 2.75 bits per heavy atom. The monoisotopic (exact) mass is 609 g/mol. The van der Waals surface area contributed by atoms with Crippen LogP contribution in [0.2, 0.25) is 0 Å². The van der Waals surface area contributed by atoms with E-state index >= 15 is 0 Å². The molecule has 0 spiro atoms. The third kappa shape index (κ3) is 7.01. The molecule has 4 rings (SSSR count). The van der Waals surface area contributed by atoms with Crippen molar-refractivity contribution in [3.8, 4) is 12.3 Å². The lowest BCUT2D eigenvalue weighted by molar-refractivity contribution is -0.898. The molecule has 4 aromatic rings. The van der Waals surface area contributed by atoms with E-state index in [4.69, 9.17) is 6.42 Å². The van der Waals surface area contributed by atoms with E-state index in [-0.39, 0.29) is 34.2 Å². The molecule has 0 saturated carbocycles. The van der Waals surface area contributed by atoms with E-state index in [1.165, 1.54) is 43.1 Å². The average molecular weight is 610 g/mol. The van der Waals surface area contributed by atoms with Gasteiger partial charge >= 0.3 is 5.82 Å². The number of benzene rings is 1. The molecule has 12 nitrogen and oxygen atoms in total. The Hall–Kier alpha value is -4.74. The van der Waals surface area contributed by atoms with E-state index in [9.17, 15) is 19.3 Å². The topological polar surface area (TPSA) is 141 Å². The summed E-state index contributed by atoms with van der Waals surface area (Å²) >= 11 is 0. The van der Waals surface area contributed by atoms with Gasteiger partial charge in [0.25, 0.3) is 0 Å². The predicted octanol–water partition coefficient (Wildman–Crippen LogP) is 0.306. The molecule has 40 heavy (non-hydrogen) atoms. The fourth-order valence-corrected chi connectivity index (χ4v) is 3.84. The maximum atomic E-state index is 13.8. The summed E-state index contributed by atoms with van der Waals surface area (Å²) in [7, 11) is 5.49. The minimum absolute atomic E-state index is 0. The summed E-state index contributed by atoms with van der Waals surface area (Å²) in [6.07, 6.45) is 12.7. The quantitative estimate of drug-likeness (QED) is 0.0908. The molecule has 2 N–H and O–H groups in total. The van der Waals surface area contributed by atoms with Crippen LogP contribution in [-0.4, -0.2) is 60.5 Å². The SMILES string of the molecule is C#Cc1cc(Nc2ncnc3cnc(NC(=O)/C=C/C[N+](C)(C)Cc4c([N+](=O)[O-])ncn4C)cc23)ccc1F.[Br-]. The summed E-state index contributed by atoms with van der Waals surface area (Å²) in [6, 6.07) is 5.91. The van der Waals surface area contributed by atoms with Gasteiger partial charge in [0, 0.05) is 24.2 Å². The third-order valence-electron chi connectivity index (χ3n) is 5.81. The normalized spacial score (nSPS) is 11.2. The highest BCUT2D eigenvalue weighted by Gasteiger charge is 2.26. The van der Waals surface area contributed by atoms with Crippen molar-refractivity contribution in [3.05, 3.63) is 82.5 Å². The van der Waals surface area contributed by atoms with E-state index in [1.807, 2.05) is 14.1 Å². The number of nitrogens with one attached hydrogen (secondary N) is 2. The predicted molar refractivity (Wildman–Crippen MR) is 143 cm³/mol. The summed E-state index contributed by atoms with van der Waals surface area (Å²) < 4.78 is 15.7. The highest BCUT2D eigenvalue weighted by Crippen LogP contribution is 2.25. The molecular formula is C26H25BrFN9O3. The second kappa shape index (κ2) is 12.4. The number of hydrogen-bond acceptors (Lipinski definition) is 8. The van der Waals surface area contributed by atoms with Gasteiger partial charge in [-0.2, -0.15) is 0 Å². The first-order valence-corrected chi connectivity index (χ1v) is 11.6. The number of carbonyl (C=O) groups excluding carboxylic acids is 1. The van der Waals surface area contributed by atoms with Gasteiger partial charge < -0.3 is 46.8 Å². The second-order valence-corrected chi connectivity index (χ2v) is 9.32. The molecule has 3 aromatic heterocycles. The van der Waals surface area contributed by atoms with Crippen LogP contribution >= 0.6 is 0 Å². The number of pyridine rings is 1. The van der Waals surface area contributed by atoms with Crippen molar-refractivity contribution < 1.29 is 35.6 Å². The van der Waals surface area contributed by atoms with E-state index in [2.05, 4.69) is 36.5 Å². The first-order chi connectivity index (χ1) is 18.6. The second-order valence-electron chi connectivity index (χ2n) is 9.32. The fourth-order valence-electron chi connectivity index (χ4n) is 3.84. The highest BCUT2D eigenvalue weighted by atomic mass is 79.9. The zero-order chi connectivity index (χ0) is 28.2. The van der Waals surface area contributed by atoms with Crippen LogP contribution in [0.5, 0.6) is 0 Å². The molecule has 0 unspecified atom stereocenters. The molecule has 0 fully saturated rings. The molecule has 14 heteroatoms. The van der Waals surface area contributed by atoms with Crippen LogP contribution in [0.4, 0.5) is 27.5 Å². The Morgan fingerprint density at radius 1 is 1.25 bits per heavy atom.